The Balaban J connectivity index is 2.23. The van der Waals surface area contributed by atoms with Gasteiger partial charge in [0, 0.05) is 24.4 Å². The highest BCUT2D eigenvalue weighted by atomic mass is 16.1. The van der Waals surface area contributed by atoms with Crippen LogP contribution in [0.1, 0.15) is 28.5 Å². The van der Waals surface area contributed by atoms with Crippen molar-refractivity contribution in [1.29, 1.82) is 0 Å². The number of rotatable bonds is 4. The molecular formula is C19H20N2O. The standard InChI is InChI=1S/C19H20N2O/c1-14(22)21-18-10-6-5-9-16(18)17(11-12-20)19(21)13-15-7-3-2-4-8-15/h2-10H,11-13,20H2,1H3. The van der Waals surface area contributed by atoms with E-state index in [0.717, 1.165) is 29.4 Å². The Morgan fingerprint density at radius 1 is 1.05 bits per heavy atom. The van der Waals surface area contributed by atoms with Crippen LogP contribution in [0.25, 0.3) is 10.9 Å². The summed E-state index contributed by atoms with van der Waals surface area (Å²) in [4.78, 5) is 12.2. The minimum absolute atomic E-state index is 0.0467. The predicted molar refractivity (Wildman–Crippen MR) is 90.2 cm³/mol. The first kappa shape index (κ1) is 14.5. The minimum Gasteiger partial charge on any atom is -0.330 e. The number of nitrogens with two attached hydrogens (primary N) is 1. The highest BCUT2D eigenvalue weighted by Crippen LogP contribution is 2.28. The van der Waals surface area contributed by atoms with E-state index in [1.807, 2.05) is 41.0 Å². The van der Waals surface area contributed by atoms with Crippen molar-refractivity contribution in [1.82, 2.24) is 4.57 Å². The van der Waals surface area contributed by atoms with Crippen LogP contribution in [-0.4, -0.2) is 17.0 Å². The van der Waals surface area contributed by atoms with Gasteiger partial charge in [-0.15, -0.1) is 0 Å². The average molecular weight is 292 g/mol. The van der Waals surface area contributed by atoms with E-state index in [0.29, 0.717) is 6.54 Å². The molecular weight excluding hydrogens is 272 g/mol. The van der Waals surface area contributed by atoms with E-state index in [1.165, 1.54) is 11.1 Å². The fourth-order valence-electron chi connectivity index (χ4n) is 3.12. The quantitative estimate of drug-likeness (QED) is 0.801. The van der Waals surface area contributed by atoms with Crippen LogP contribution in [0.5, 0.6) is 0 Å². The third-order valence-electron chi connectivity index (χ3n) is 4.01. The van der Waals surface area contributed by atoms with Gasteiger partial charge in [-0.2, -0.15) is 0 Å². The highest BCUT2D eigenvalue weighted by Gasteiger charge is 2.18. The second-order valence-corrected chi connectivity index (χ2v) is 5.50. The second kappa shape index (κ2) is 6.16. The summed E-state index contributed by atoms with van der Waals surface area (Å²) in [5, 5.41) is 1.13. The number of nitrogens with zero attached hydrogens (tertiary/aromatic N) is 1. The molecule has 3 rings (SSSR count). The first-order valence-electron chi connectivity index (χ1n) is 7.58. The van der Waals surface area contributed by atoms with Gasteiger partial charge < -0.3 is 5.73 Å². The molecule has 0 radical (unpaired) electrons. The number of hydrogen-bond donors (Lipinski definition) is 1. The average Bonchev–Trinajstić information content (AvgIpc) is 2.83. The van der Waals surface area contributed by atoms with Crippen molar-refractivity contribution in [2.24, 2.45) is 5.73 Å². The Morgan fingerprint density at radius 3 is 2.41 bits per heavy atom. The Kier molecular flexibility index (Phi) is 4.07. The third kappa shape index (κ3) is 2.55. The number of fused-ring (bicyclic) bond motifs is 1. The van der Waals surface area contributed by atoms with Crippen LogP contribution in [0.2, 0.25) is 0 Å². The predicted octanol–water partition coefficient (Wildman–Crippen LogP) is 3.39. The lowest BCUT2D eigenvalue weighted by molar-refractivity contribution is 0.0939. The van der Waals surface area contributed by atoms with Gasteiger partial charge in [-0.3, -0.25) is 9.36 Å². The maximum atomic E-state index is 12.2. The van der Waals surface area contributed by atoms with E-state index in [1.54, 1.807) is 6.92 Å². The van der Waals surface area contributed by atoms with Gasteiger partial charge in [0.2, 0.25) is 5.91 Å². The van der Waals surface area contributed by atoms with Crippen molar-refractivity contribution in [2.75, 3.05) is 6.54 Å². The first-order chi connectivity index (χ1) is 10.7. The SMILES string of the molecule is CC(=O)n1c(Cc2ccccc2)c(CCN)c2ccccc21. The fourth-order valence-corrected chi connectivity index (χ4v) is 3.12. The summed E-state index contributed by atoms with van der Waals surface area (Å²) < 4.78 is 1.84. The zero-order chi connectivity index (χ0) is 15.5. The van der Waals surface area contributed by atoms with Crippen molar-refractivity contribution in [3.63, 3.8) is 0 Å². The molecule has 0 aliphatic heterocycles. The van der Waals surface area contributed by atoms with E-state index in [-0.39, 0.29) is 5.91 Å². The molecule has 3 nitrogen and oxygen atoms in total. The lowest BCUT2D eigenvalue weighted by Crippen LogP contribution is -2.12. The van der Waals surface area contributed by atoms with Gasteiger partial charge in [-0.25, -0.2) is 0 Å². The van der Waals surface area contributed by atoms with E-state index < -0.39 is 0 Å². The van der Waals surface area contributed by atoms with Crippen molar-refractivity contribution < 1.29 is 4.79 Å². The van der Waals surface area contributed by atoms with Crippen LogP contribution in [0, 0.1) is 0 Å². The second-order valence-electron chi connectivity index (χ2n) is 5.50. The summed E-state index contributed by atoms with van der Waals surface area (Å²) in [6.45, 7) is 2.20. The normalized spacial score (nSPS) is 11.0. The Labute approximate surface area is 130 Å². The first-order valence-corrected chi connectivity index (χ1v) is 7.58. The lowest BCUT2D eigenvalue weighted by atomic mass is 10.0. The third-order valence-corrected chi connectivity index (χ3v) is 4.01. The molecule has 0 spiro atoms. The number of para-hydroxylation sites is 1. The van der Waals surface area contributed by atoms with Gasteiger partial charge in [0.05, 0.1) is 5.52 Å². The number of aromatic nitrogens is 1. The summed E-state index contributed by atoms with van der Waals surface area (Å²) in [6, 6.07) is 18.3. The molecule has 2 aromatic carbocycles. The smallest absolute Gasteiger partial charge is 0.228 e. The minimum atomic E-state index is 0.0467. The van der Waals surface area contributed by atoms with Crippen LogP contribution in [0.3, 0.4) is 0 Å². The zero-order valence-electron chi connectivity index (χ0n) is 12.8. The monoisotopic (exact) mass is 292 g/mol. The lowest BCUT2D eigenvalue weighted by Gasteiger charge is -2.09. The van der Waals surface area contributed by atoms with E-state index in [9.17, 15) is 4.79 Å². The van der Waals surface area contributed by atoms with E-state index in [2.05, 4.69) is 18.2 Å². The number of carbonyl (C=O) groups is 1. The summed E-state index contributed by atoms with van der Waals surface area (Å²) in [6.07, 6.45) is 1.52. The van der Waals surface area contributed by atoms with Crippen LogP contribution >= 0.6 is 0 Å². The van der Waals surface area contributed by atoms with Gasteiger partial charge in [0.15, 0.2) is 0 Å². The number of benzene rings is 2. The van der Waals surface area contributed by atoms with Crippen molar-refractivity contribution in [2.45, 2.75) is 19.8 Å². The molecule has 0 saturated heterocycles. The Hall–Kier alpha value is -2.39. The molecule has 0 aliphatic carbocycles. The molecule has 0 unspecified atom stereocenters. The van der Waals surface area contributed by atoms with Gasteiger partial charge >= 0.3 is 0 Å². The number of carbonyl (C=O) groups excluding carboxylic acids is 1. The molecule has 0 atom stereocenters. The van der Waals surface area contributed by atoms with Crippen molar-refractivity contribution in [3.05, 3.63) is 71.4 Å². The molecule has 112 valence electrons. The molecule has 0 amide bonds. The molecule has 3 aromatic rings. The summed E-state index contributed by atoms with van der Waals surface area (Å²) in [5.74, 6) is 0.0467. The van der Waals surface area contributed by atoms with Gasteiger partial charge in [-0.1, -0.05) is 48.5 Å². The maximum absolute atomic E-state index is 12.2. The molecule has 1 aromatic heterocycles. The Morgan fingerprint density at radius 2 is 1.73 bits per heavy atom. The summed E-state index contributed by atoms with van der Waals surface area (Å²) in [5.41, 5.74) is 10.2. The summed E-state index contributed by atoms with van der Waals surface area (Å²) >= 11 is 0. The molecule has 0 fully saturated rings. The van der Waals surface area contributed by atoms with Crippen LogP contribution < -0.4 is 5.73 Å². The maximum Gasteiger partial charge on any atom is 0.228 e. The van der Waals surface area contributed by atoms with Crippen LogP contribution in [0.15, 0.2) is 54.6 Å². The molecule has 2 N–H and O–H groups in total. The van der Waals surface area contributed by atoms with Crippen molar-refractivity contribution in [3.8, 4) is 0 Å². The number of hydrogen-bond acceptors (Lipinski definition) is 2. The van der Waals surface area contributed by atoms with Crippen LogP contribution in [-0.2, 0) is 12.8 Å². The summed E-state index contributed by atoms with van der Waals surface area (Å²) in [7, 11) is 0. The van der Waals surface area contributed by atoms with E-state index in [4.69, 9.17) is 5.73 Å². The van der Waals surface area contributed by atoms with Crippen LogP contribution in [0.4, 0.5) is 0 Å². The largest absolute Gasteiger partial charge is 0.330 e. The van der Waals surface area contributed by atoms with E-state index >= 15 is 0 Å². The zero-order valence-corrected chi connectivity index (χ0v) is 12.8. The molecule has 1 heterocycles. The molecule has 0 saturated carbocycles. The Bertz CT molecular complexity index is 803. The topological polar surface area (TPSA) is 48.0 Å². The molecule has 3 heteroatoms. The van der Waals surface area contributed by atoms with Gasteiger partial charge in [0.25, 0.3) is 0 Å². The fraction of sp³-hybridized carbons (Fsp3) is 0.211. The highest BCUT2D eigenvalue weighted by molar-refractivity contribution is 5.95. The van der Waals surface area contributed by atoms with Gasteiger partial charge in [0.1, 0.15) is 0 Å². The molecule has 22 heavy (non-hydrogen) atoms. The molecule has 0 bridgehead atoms. The van der Waals surface area contributed by atoms with Gasteiger partial charge in [-0.05, 0) is 30.2 Å². The molecule has 0 aliphatic rings. The van der Waals surface area contributed by atoms with Crippen molar-refractivity contribution >= 4 is 16.8 Å².